The monoisotopic (exact) mass is 227 g/mol. The second-order valence-electron chi connectivity index (χ2n) is 4.38. The maximum Gasteiger partial charge on any atom is 0.222 e. The van der Waals surface area contributed by atoms with Gasteiger partial charge in [0, 0.05) is 32.6 Å². The van der Waals surface area contributed by atoms with Crippen LogP contribution in [0.25, 0.3) is 0 Å². The van der Waals surface area contributed by atoms with Crippen LogP contribution in [0.2, 0.25) is 0 Å². The van der Waals surface area contributed by atoms with Crippen molar-refractivity contribution in [3.63, 3.8) is 0 Å². The van der Waals surface area contributed by atoms with Crippen molar-refractivity contribution in [1.29, 1.82) is 0 Å². The molecule has 1 N–H and O–H groups in total. The molecular weight excluding hydrogens is 202 g/mol. The molecule has 1 heterocycles. The Hall–Kier alpha value is -0.610. The molecule has 1 amide bonds. The van der Waals surface area contributed by atoms with E-state index in [2.05, 4.69) is 17.1 Å². The quantitative estimate of drug-likeness (QED) is 0.673. The molecule has 1 saturated heterocycles. The Kier molecular flexibility index (Phi) is 6.42. The first-order valence-electron chi connectivity index (χ1n) is 6.42. The summed E-state index contributed by atoms with van der Waals surface area (Å²) in [6.07, 6.45) is 2.82. The summed E-state index contributed by atoms with van der Waals surface area (Å²) < 4.78 is 0. The third kappa shape index (κ3) is 4.49. The van der Waals surface area contributed by atoms with Crippen LogP contribution in [0.1, 0.15) is 26.2 Å². The summed E-state index contributed by atoms with van der Waals surface area (Å²) in [6.45, 7) is 8.20. The van der Waals surface area contributed by atoms with Crippen LogP contribution in [0.4, 0.5) is 0 Å². The van der Waals surface area contributed by atoms with Crippen LogP contribution in [0, 0.1) is 0 Å². The number of carbonyl (C=O) groups excluding carboxylic acids is 1. The molecule has 0 bridgehead atoms. The molecule has 1 aliphatic rings. The molecule has 1 fully saturated rings. The number of likely N-dealkylation sites (N-methyl/N-ethyl adjacent to an activating group) is 1. The second kappa shape index (κ2) is 7.63. The van der Waals surface area contributed by atoms with E-state index in [0.717, 1.165) is 52.1 Å². The van der Waals surface area contributed by atoms with Crippen LogP contribution in [0.5, 0.6) is 0 Å². The van der Waals surface area contributed by atoms with Crippen molar-refractivity contribution >= 4 is 5.91 Å². The molecule has 0 aromatic carbocycles. The number of rotatable bonds is 6. The second-order valence-corrected chi connectivity index (χ2v) is 4.38. The largest absolute Gasteiger partial charge is 0.340 e. The molecule has 0 saturated carbocycles. The molecule has 16 heavy (non-hydrogen) atoms. The highest BCUT2D eigenvalue weighted by Gasteiger charge is 2.19. The lowest BCUT2D eigenvalue weighted by Crippen LogP contribution is -2.48. The lowest BCUT2D eigenvalue weighted by molar-refractivity contribution is -0.133. The van der Waals surface area contributed by atoms with Gasteiger partial charge in [0.05, 0.1) is 0 Å². The van der Waals surface area contributed by atoms with E-state index >= 15 is 0 Å². The van der Waals surface area contributed by atoms with Gasteiger partial charge in [-0.1, -0.05) is 6.92 Å². The van der Waals surface area contributed by atoms with Crippen molar-refractivity contribution < 1.29 is 4.79 Å². The van der Waals surface area contributed by atoms with Gasteiger partial charge in [0.1, 0.15) is 0 Å². The average Bonchev–Trinajstić information content (AvgIpc) is 2.34. The molecule has 0 spiro atoms. The number of amides is 1. The van der Waals surface area contributed by atoms with Crippen LogP contribution >= 0.6 is 0 Å². The first-order chi connectivity index (χ1) is 7.77. The van der Waals surface area contributed by atoms with Crippen LogP contribution in [-0.2, 0) is 4.79 Å². The molecule has 0 aromatic heterocycles. The zero-order valence-corrected chi connectivity index (χ0v) is 10.7. The zero-order chi connectivity index (χ0) is 11.8. The molecule has 4 nitrogen and oxygen atoms in total. The fourth-order valence-corrected chi connectivity index (χ4v) is 2.05. The topological polar surface area (TPSA) is 35.6 Å². The maximum absolute atomic E-state index is 11.8. The van der Waals surface area contributed by atoms with Gasteiger partial charge in [-0.2, -0.15) is 0 Å². The first kappa shape index (κ1) is 13.5. The minimum atomic E-state index is 0.340. The highest BCUT2D eigenvalue weighted by molar-refractivity contribution is 5.76. The smallest absolute Gasteiger partial charge is 0.222 e. The minimum absolute atomic E-state index is 0.340. The molecule has 0 unspecified atom stereocenters. The van der Waals surface area contributed by atoms with Gasteiger partial charge in [-0.25, -0.2) is 0 Å². The Morgan fingerprint density at radius 1 is 1.19 bits per heavy atom. The van der Waals surface area contributed by atoms with Crippen molar-refractivity contribution in [1.82, 2.24) is 15.1 Å². The Balaban J connectivity index is 2.13. The first-order valence-corrected chi connectivity index (χ1v) is 6.42. The predicted octanol–water partition coefficient (Wildman–Crippen LogP) is 0.540. The standard InChI is InChI=1S/C12H25N3O/c1-3-14-8-10-15(11-9-14)12(16)6-4-5-7-13-2/h13H,3-11H2,1-2H3. The van der Waals surface area contributed by atoms with Gasteiger partial charge in [-0.15, -0.1) is 0 Å². The fourth-order valence-electron chi connectivity index (χ4n) is 2.05. The Morgan fingerprint density at radius 2 is 1.88 bits per heavy atom. The number of hydrogen-bond acceptors (Lipinski definition) is 3. The van der Waals surface area contributed by atoms with E-state index in [0.29, 0.717) is 12.3 Å². The summed E-state index contributed by atoms with van der Waals surface area (Å²) >= 11 is 0. The van der Waals surface area contributed by atoms with E-state index in [1.807, 2.05) is 11.9 Å². The predicted molar refractivity (Wildman–Crippen MR) is 66.5 cm³/mol. The number of carbonyl (C=O) groups is 1. The lowest BCUT2D eigenvalue weighted by atomic mass is 10.2. The van der Waals surface area contributed by atoms with Gasteiger partial charge in [0.2, 0.25) is 5.91 Å². The van der Waals surface area contributed by atoms with Gasteiger partial charge in [-0.3, -0.25) is 4.79 Å². The van der Waals surface area contributed by atoms with Crippen LogP contribution < -0.4 is 5.32 Å². The van der Waals surface area contributed by atoms with Crippen molar-refractivity contribution in [3.8, 4) is 0 Å². The highest BCUT2D eigenvalue weighted by Crippen LogP contribution is 2.05. The average molecular weight is 227 g/mol. The number of hydrogen-bond donors (Lipinski definition) is 1. The number of nitrogens with zero attached hydrogens (tertiary/aromatic N) is 2. The molecule has 1 aliphatic heterocycles. The third-order valence-electron chi connectivity index (χ3n) is 3.24. The van der Waals surface area contributed by atoms with Crippen LogP contribution in [0.15, 0.2) is 0 Å². The molecule has 94 valence electrons. The molecular formula is C12H25N3O. The van der Waals surface area contributed by atoms with E-state index in [4.69, 9.17) is 0 Å². The van der Waals surface area contributed by atoms with Crippen LogP contribution in [-0.4, -0.2) is 62.0 Å². The summed E-state index contributed by atoms with van der Waals surface area (Å²) in [5.41, 5.74) is 0. The van der Waals surface area contributed by atoms with Gasteiger partial charge in [-0.05, 0) is 33.0 Å². The molecule has 0 atom stereocenters. The van der Waals surface area contributed by atoms with Crippen molar-refractivity contribution in [2.45, 2.75) is 26.2 Å². The summed E-state index contributed by atoms with van der Waals surface area (Å²) in [6, 6.07) is 0. The normalized spacial score (nSPS) is 17.8. The van der Waals surface area contributed by atoms with Crippen molar-refractivity contribution in [2.24, 2.45) is 0 Å². The molecule has 4 heteroatoms. The maximum atomic E-state index is 11.8. The number of unbranched alkanes of at least 4 members (excludes halogenated alkanes) is 1. The molecule has 1 rings (SSSR count). The van der Waals surface area contributed by atoms with E-state index < -0.39 is 0 Å². The van der Waals surface area contributed by atoms with E-state index in [1.54, 1.807) is 0 Å². The van der Waals surface area contributed by atoms with Gasteiger partial charge in [0.25, 0.3) is 0 Å². The Labute approximate surface area is 99.0 Å². The van der Waals surface area contributed by atoms with Gasteiger partial charge < -0.3 is 15.1 Å². The van der Waals surface area contributed by atoms with E-state index in [9.17, 15) is 4.79 Å². The summed E-state index contributed by atoms with van der Waals surface area (Å²) in [5, 5.41) is 3.10. The Morgan fingerprint density at radius 3 is 2.44 bits per heavy atom. The highest BCUT2D eigenvalue weighted by atomic mass is 16.2. The summed E-state index contributed by atoms with van der Waals surface area (Å²) in [7, 11) is 1.95. The molecule has 0 aromatic rings. The third-order valence-corrected chi connectivity index (χ3v) is 3.24. The minimum Gasteiger partial charge on any atom is -0.340 e. The van der Waals surface area contributed by atoms with Gasteiger partial charge in [0.15, 0.2) is 0 Å². The number of piperazine rings is 1. The Bertz CT molecular complexity index is 200. The van der Waals surface area contributed by atoms with Crippen LogP contribution in [0.3, 0.4) is 0 Å². The molecule has 0 radical (unpaired) electrons. The van der Waals surface area contributed by atoms with E-state index in [1.165, 1.54) is 0 Å². The van der Waals surface area contributed by atoms with E-state index in [-0.39, 0.29) is 0 Å². The molecule has 0 aliphatic carbocycles. The lowest BCUT2D eigenvalue weighted by Gasteiger charge is -2.34. The van der Waals surface area contributed by atoms with Crippen molar-refractivity contribution in [2.75, 3.05) is 46.3 Å². The fraction of sp³-hybridized carbons (Fsp3) is 0.917. The summed E-state index contributed by atoms with van der Waals surface area (Å²) in [5.74, 6) is 0.340. The zero-order valence-electron chi connectivity index (χ0n) is 10.7. The summed E-state index contributed by atoms with van der Waals surface area (Å²) in [4.78, 5) is 16.3. The number of nitrogens with one attached hydrogen (secondary N) is 1. The van der Waals surface area contributed by atoms with Crippen molar-refractivity contribution in [3.05, 3.63) is 0 Å². The SMILES string of the molecule is CCN1CCN(C(=O)CCCCNC)CC1. The van der Waals surface area contributed by atoms with Gasteiger partial charge >= 0.3 is 0 Å².